The average molecular weight is 323 g/mol. The van der Waals surface area contributed by atoms with Crippen molar-refractivity contribution in [2.24, 2.45) is 0 Å². The van der Waals surface area contributed by atoms with Gasteiger partial charge in [-0.3, -0.25) is 4.79 Å². The first-order valence-corrected chi connectivity index (χ1v) is 6.39. The van der Waals surface area contributed by atoms with Crippen LogP contribution in [0.4, 0.5) is 15.8 Å². The summed E-state index contributed by atoms with van der Waals surface area (Å²) in [4.78, 5) is 12.0. The van der Waals surface area contributed by atoms with E-state index in [1.165, 1.54) is 12.1 Å². The number of anilines is 2. The summed E-state index contributed by atoms with van der Waals surface area (Å²) in [6, 6.07) is 9.15. The van der Waals surface area contributed by atoms with Crippen LogP contribution < -0.4 is 11.1 Å². The first kappa shape index (κ1) is 13.5. The van der Waals surface area contributed by atoms with E-state index in [1.54, 1.807) is 31.2 Å². The lowest BCUT2D eigenvalue weighted by Crippen LogP contribution is -2.13. The molecule has 1 amide bonds. The van der Waals surface area contributed by atoms with Crippen molar-refractivity contribution >= 4 is 33.2 Å². The summed E-state index contributed by atoms with van der Waals surface area (Å²) >= 11 is 3.26. The summed E-state index contributed by atoms with van der Waals surface area (Å²) in [5.74, 6) is -0.718. The Morgan fingerprint density at radius 3 is 2.68 bits per heavy atom. The monoisotopic (exact) mass is 322 g/mol. The van der Waals surface area contributed by atoms with Gasteiger partial charge in [0.15, 0.2) is 0 Å². The van der Waals surface area contributed by atoms with Gasteiger partial charge in [-0.1, -0.05) is 6.07 Å². The van der Waals surface area contributed by atoms with Crippen molar-refractivity contribution in [3.05, 3.63) is 57.8 Å². The first-order chi connectivity index (χ1) is 8.97. The van der Waals surface area contributed by atoms with E-state index in [1.807, 2.05) is 0 Å². The Morgan fingerprint density at radius 1 is 1.26 bits per heavy atom. The number of carbonyl (C=O) groups is 1. The predicted molar refractivity (Wildman–Crippen MR) is 77.6 cm³/mol. The van der Waals surface area contributed by atoms with Gasteiger partial charge in [0.05, 0.1) is 0 Å². The van der Waals surface area contributed by atoms with Crippen molar-refractivity contribution in [3.63, 3.8) is 0 Å². The van der Waals surface area contributed by atoms with Gasteiger partial charge in [-0.25, -0.2) is 4.39 Å². The second-order valence-corrected chi connectivity index (χ2v) is 5.00. The minimum Gasteiger partial charge on any atom is -0.398 e. The van der Waals surface area contributed by atoms with Crippen molar-refractivity contribution in [1.29, 1.82) is 0 Å². The van der Waals surface area contributed by atoms with Crippen molar-refractivity contribution in [1.82, 2.24) is 0 Å². The topological polar surface area (TPSA) is 55.1 Å². The molecule has 0 spiro atoms. The third-order valence-electron chi connectivity index (χ3n) is 2.71. The van der Waals surface area contributed by atoms with Crippen LogP contribution in [0.2, 0.25) is 0 Å². The molecule has 0 saturated heterocycles. The highest BCUT2D eigenvalue weighted by molar-refractivity contribution is 9.10. The van der Waals surface area contributed by atoms with Gasteiger partial charge in [0.25, 0.3) is 5.91 Å². The summed E-state index contributed by atoms with van der Waals surface area (Å²) in [6.07, 6.45) is 0. The molecule has 3 N–H and O–H groups in total. The van der Waals surface area contributed by atoms with E-state index in [0.717, 1.165) is 10.0 Å². The Kier molecular flexibility index (Phi) is 3.85. The predicted octanol–water partition coefficient (Wildman–Crippen LogP) is 3.73. The smallest absolute Gasteiger partial charge is 0.255 e. The summed E-state index contributed by atoms with van der Waals surface area (Å²) in [7, 11) is 0. The van der Waals surface area contributed by atoms with Crippen LogP contribution in [0.25, 0.3) is 0 Å². The molecule has 5 heteroatoms. The van der Waals surface area contributed by atoms with Gasteiger partial charge in [-0.15, -0.1) is 0 Å². The molecule has 3 nitrogen and oxygen atoms in total. The summed E-state index contributed by atoms with van der Waals surface area (Å²) in [6.45, 7) is 1.80. The quantitative estimate of drug-likeness (QED) is 0.828. The molecule has 2 aromatic carbocycles. The van der Waals surface area contributed by atoms with Gasteiger partial charge in [0, 0.05) is 21.4 Å². The zero-order valence-corrected chi connectivity index (χ0v) is 11.8. The number of rotatable bonds is 2. The van der Waals surface area contributed by atoms with Crippen molar-refractivity contribution in [3.8, 4) is 0 Å². The molecule has 19 heavy (non-hydrogen) atoms. The Balaban J connectivity index is 2.25. The molecule has 0 atom stereocenters. The number of carbonyl (C=O) groups excluding carboxylic acids is 1. The largest absolute Gasteiger partial charge is 0.398 e. The second kappa shape index (κ2) is 5.40. The molecule has 0 saturated carbocycles. The van der Waals surface area contributed by atoms with Crippen LogP contribution in [0.15, 0.2) is 40.9 Å². The van der Waals surface area contributed by atoms with Gasteiger partial charge in [0.2, 0.25) is 0 Å². The molecule has 0 aliphatic carbocycles. The summed E-state index contributed by atoms with van der Waals surface area (Å²) in [5, 5.41) is 2.66. The number of benzene rings is 2. The minimum absolute atomic E-state index is 0.326. The number of nitrogen functional groups attached to an aromatic ring is 1. The zero-order chi connectivity index (χ0) is 14.0. The number of nitrogens with one attached hydrogen (secondary N) is 1. The fraction of sp³-hybridized carbons (Fsp3) is 0.0714. The third kappa shape index (κ3) is 3.12. The van der Waals surface area contributed by atoms with Crippen molar-refractivity contribution in [2.75, 3.05) is 11.1 Å². The van der Waals surface area contributed by atoms with E-state index < -0.39 is 5.82 Å². The Bertz CT molecular complexity index is 643. The van der Waals surface area contributed by atoms with E-state index in [2.05, 4.69) is 21.2 Å². The van der Waals surface area contributed by atoms with E-state index in [4.69, 9.17) is 5.73 Å². The Hall–Kier alpha value is -1.88. The maximum atomic E-state index is 13.1. The first-order valence-electron chi connectivity index (χ1n) is 5.60. The van der Waals surface area contributed by atoms with Crippen LogP contribution in [0.3, 0.4) is 0 Å². The van der Waals surface area contributed by atoms with Crippen LogP contribution in [0, 0.1) is 12.7 Å². The fourth-order valence-corrected chi connectivity index (χ4v) is 1.85. The van der Waals surface area contributed by atoms with Gasteiger partial charge >= 0.3 is 0 Å². The van der Waals surface area contributed by atoms with E-state index in [9.17, 15) is 9.18 Å². The van der Waals surface area contributed by atoms with E-state index in [0.29, 0.717) is 16.9 Å². The maximum absolute atomic E-state index is 13.1. The molecule has 0 fully saturated rings. The van der Waals surface area contributed by atoms with Gasteiger partial charge < -0.3 is 11.1 Å². The highest BCUT2D eigenvalue weighted by Gasteiger charge is 2.09. The lowest BCUT2D eigenvalue weighted by atomic mass is 10.1. The second-order valence-electron chi connectivity index (χ2n) is 4.15. The van der Waals surface area contributed by atoms with Gasteiger partial charge in [-0.05, 0) is 58.7 Å². The fourth-order valence-electron chi connectivity index (χ4n) is 1.61. The molecule has 2 aromatic rings. The lowest BCUT2D eigenvalue weighted by molar-refractivity contribution is 0.102. The molecule has 0 heterocycles. The summed E-state index contributed by atoms with van der Waals surface area (Å²) < 4.78 is 13.9. The standard InChI is InChI=1S/C14H12BrFN2O/c1-8-2-4-10(16)7-13(8)18-14(19)9-3-5-11(15)12(17)6-9/h2-7H,17H2,1H3,(H,18,19). The Labute approximate surface area is 118 Å². The normalized spacial score (nSPS) is 10.3. The highest BCUT2D eigenvalue weighted by Crippen LogP contribution is 2.22. The molecular formula is C14H12BrFN2O. The van der Waals surface area contributed by atoms with Gasteiger partial charge in [0.1, 0.15) is 5.82 Å². The Morgan fingerprint density at radius 2 is 2.00 bits per heavy atom. The molecular weight excluding hydrogens is 311 g/mol. The molecule has 98 valence electrons. The van der Waals surface area contributed by atoms with Crippen LogP contribution in [-0.2, 0) is 0 Å². The molecule has 0 unspecified atom stereocenters. The number of hydrogen-bond donors (Lipinski definition) is 2. The molecule has 2 rings (SSSR count). The number of nitrogens with two attached hydrogens (primary N) is 1. The van der Waals surface area contributed by atoms with E-state index >= 15 is 0 Å². The van der Waals surface area contributed by atoms with Crippen LogP contribution >= 0.6 is 15.9 Å². The molecule has 0 aliphatic heterocycles. The molecule has 0 aliphatic rings. The number of hydrogen-bond acceptors (Lipinski definition) is 2. The van der Waals surface area contributed by atoms with Crippen molar-refractivity contribution < 1.29 is 9.18 Å². The maximum Gasteiger partial charge on any atom is 0.255 e. The molecule has 0 aromatic heterocycles. The van der Waals surface area contributed by atoms with E-state index in [-0.39, 0.29) is 5.91 Å². The lowest BCUT2D eigenvalue weighted by Gasteiger charge is -2.09. The van der Waals surface area contributed by atoms with Crippen LogP contribution in [-0.4, -0.2) is 5.91 Å². The molecule has 0 radical (unpaired) electrons. The zero-order valence-electron chi connectivity index (χ0n) is 10.2. The SMILES string of the molecule is Cc1ccc(F)cc1NC(=O)c1ccc(Br)c(N)c1. The third-order valence-corrected chi connectivity index (χ3v) is 3.43. The number of amides is 1. The van der Waals surface area contributed by atoms with Gasteiger partial charge in [-0.2, -0.15) is 0 Å². The summed E-state index contributed by atoms with van der Waals surface area (Å²) in [5.41, 5.74) is 7.86. The molecule has 0 bridgehead atoms. The highest BCUT2D eigenvalue weighted by atomic mass is 79.9. The van der Waals surface area contributed by atoms with Crippen LogP contribution in [0.5, 0.6) is 0 Å². The number of halogens is 2. The van der Waals surface area contributed by atoms with Crippen molar-refractivity contribution in [2.45, 2.75) is 6.92 Å². The van der Waals surface area contributed by atoms with Crippen LogP contribution in [0.1, 0.15) is 15.9 Å². The average Bonchev–Trinajstić information content (AvgIpc) is 2.37. The minimum atomic E-state index is -0.392. The number of aryl methyl sites for hydroxylation is 1.